The highest BCUT2D eigenvalue weighted by molar-refractivity contribution is 6.45. The lowest BCUT2D eigenvalue weighted by Gasteiger charge is -2.40. The second kappa shape index (κ2) is 6.22. The lowest BCUT2D eigenvalue weighted by atomic mass is 9.84. The first kappa shape index (κ1) is 15.2. The quantitative estimate of drug-likeness (QED) is 0.492. The molecule has 2 fully saturated rings. The number of nitrogens with one attached hydrogen (secondary N) is 1. The Morgan fingerprint density at radius 2 is 2.14 bits per heavy atom. The molecule has 3 rings (SSSR count). The molecule has 0 amide bonds. The van der Waals surface area contributed by atoms with Crippen molar-refractivity contribution in [3.63, 3.8) is 0 Å². The van der Waals surface area contributed by atoms with Crippen LogP contribution in [0.15, 0.2) is 31.0 Å². The van der Waals surface area contributed by atoms with E-state index < -0.39 is 7.05 Å². The molecular weight excluding hydrogens is 277 g/mol. The van der Waals surface area contributed by atoms with E-state index in [0.29, 0.717) is 23.7 Å². The average Bonchev–Trinajstić information content (AvgIpc) is 2.77. The number of nitrogens with zero attached hydrogens (tertiary/aromatic N) is 2. The van der Waals surface area contributed by atoms with Crippen molar-refractivity contribution >= 4 is 18.7 Å². The zero-order chi connectivity index (χ0) is 15.7. The minimum Gasteiger partial charge on any atom is -0.437 e. The molecule has 2 aliphatic heterocycles. The summed E-state index contributed by atoms with van der Waals surface area (Å²) in [5, 5.41) is 12.7. The molecule has 2 saturated heterocycles. The maximum absolute atomic E-state index is 11.6. The van der Waals surface area contributed by atoms with Gasteiger partial charge in [-0.3, -0.25) is 4.79 Å². The van der Waals surface area contributed by atoms with Crippen LogP contribution in [-0.2, 0) is 0 Å². The van der Waals surface area contributed by atoms with Crippen molar-refractivity contribution < 1.29 is 9.82 Å². The minimum atomic E-state index is -0.460. The summed E-state index contributed by atoms with van der Waals surface area (Å²) in [7, 11) is -0.460. The number of piperidine rings is 1. The predicted molar refractivity (Wildman–Crippen MR) is 88.0 cm³/mol. The highest BCUT2D eigenvalue weighted by Crippen LogP contribution is 2.38. The summed E-state index contributed by atoms with van der Waals surface area (Å²) in [6, 6.07) is 5.05. The fourth-order valence-electron chi connectivity index (χ4n) is 3.83. The molecule has 0 saturated carbocycles. The van der Waals surface area contributed by atoms with E-state index in [1.54, 1.807) is 13.0 Å². The van der Waals surface area contributed by atoms with Gasteiger partial charge in [0.1, 0.15) is 5.82 Å². The first-order valence-electron chi connectivity index (χ1n) is 7.93. The van der Waals surface area contributed by atoms with E-state index in [2.05, 4.69) is 21.7 Å². The van der Waals surface area contributed by atoms with Crippen LogP contribution in [0.4, 0.5) is 5.82 Å². The lowest BCUT2D eigenvalue weighted by molar-refractivity contribution is 0.104. The fourth-order valence-corrected chi connectivity index (χ4v) is 3.83. The number of anilines is 1. The van der Waals surface area contributed by atoms with E-state index >= 15 is 0 Å². The highest BCUT2D eigenvalue weighted by atomic mass is 16.2. The van der Waals surface area contributed by atoms with Gasteiger partial charge >= 0.3 is 7.05 Å². The molecule has 116 valence electrons. The number of allylic oxidation sites excluding steroid dienone is 1. The molecule has 5 nitrogen and oxygen atoms in total. The van der Waals surface area contributed by atoms with Gasteiger partial charge in [0.05, 0.1) is 0 Å². The molecule has 3 heterocycles. The van der Waals surface area contributed by atoms with Gasteiger partial charge in [-0.15, -0.1) is 0 Å². The number of carbonyl (C=O) groups excluding carboxylic acids is 1. The smallest absolute Gasteiger partial charge is 0.373 e. The summed E-state index contributed by atoms with van der Waals surface area (Å²) < 4.78 is 0. The molecule has 2 N–H and O–H groups in total. The molecule has 22 heavy (non-hydrogen) atoms. The topological polar surface area (TPSA) is 65.5 Å². The number of ketones is 1. The van der Waals surface area contributed by atoms with Gasteiger partial charge < -0.3 is 15.2 Å². The SMILES string of the molecule is C=CC(=O)c1ccc(N2C3CCC2CC(NB(C)O)C3)nc1. The van der Waals surface area contributed by atoms with Crippen LogP contribution in [0.25, 0.3) is 0 Å². The van der Waals surface area contributed by atoms with Crippen molar-refractivity contribution in [1.29, 1.82) is 0 Å². The van der Waals surface area contributed by atoms with E-state index in [4.69, 9.17) is 0 Å². The van der Waals surface area contributed by atoms with Crippen molar-refractivity contribution in [2.24, 2.45) is 0 Å². The van der Waals surface area contributed by atoms with Crippen LogP contribution in [0.2, 0.25) is 6.82 Å². The standard InChI is InChI=1S/C16H22BN3O2/c1-3-15(21)11-4-7-16(18-10-11)20-13-5-6-14(20)9-12(8-13)19-17(2)22/h3-4,7,10,12-14,19,22H,1,5-6,8-9H2,2H3. The zero-order valence-electron chi connectivity index (χ0n) is 12.9. The van der Waals surface area contributed by atoms with Crippen molar-refractivity contribution in [3.8, 4) is 0 Å². The van der Waals surface area contributed by atoms with Crippen LogP contribution in [0.1, 0.15) is 36.0 Å². The second-order valence-corrected chi connectivity index (χ2v) is 6.28. The molecule has 6 heteroatoms. The van der Waals surface area contributed by atoms with E-state index in [0.717, 1.165) is 31.5 Å². The van der Waals surface area contributed by atoms with Gasteiger partial charge in [-0.1, -0.05) is 6.58 Å². The van der Waals surface area contributed by atoms with Crippen molar-refractivity contribution in [3.05, 3.63) is 36.5 Å². The maximum atomic E-state index is 11.6. The van der Waals surface area contributed by atoms with Crippen LogP contribution in [-0.4, -0.2) is 41.0 Å². The number of pyridine rings is 1. The minimum absolute atomic E-state index is 0.0955. The Morgan fingerprint density at radius 3 is 2.64 bits per heavy atom. The van der Waals surface area contributed by atoms with Gasteiger partial charge in [-0.25, -0.2) is 4.98 Å². The van der Waals surface area contributed by atoms with Crippen molar-refractivity contribution in [2.75, 3.05) is 4.90 Å². The summed E-state index contributed by atoms with van der Waals surface area (Å²) in [6.45, 7) is 5.27. The number of fused-ring (bicyclic) bond motifs is 2. The summed E-state index contributed by atoms with van der Waals surface area (Å²) in [6.07, 6.45) is 7.33. The van der Waals surface area contributed by atoms with Crippen LogP contribution < -0.4 is 10.1 Å². The Bertz CT molecular complexity index is 547. The van der Waals surface area contributed by atoms with Crippen LogP contribution >= 0.6 is 0 Å². The molecule has 1 aromatic heterocycles. The molecule has 0 aliphatic carbocycles. The molecule has 2 unspecified atom stereocenters. The second-order valence-electron chi connectivity index (χ2n) is 6.28. The highest BCUT2D eigenvalue weighted by Gasteiger charge is 2.41. The monoisotopic (exact) mass is 299 g/mol. The summed E-state index contributed by atoms with van der Waals surface area (Å²) in [4.78, 5) is 18.5. The number of aromatic nitrogens is 1. The Morgan fingerprint density at radius 1 is 1.45 bits per heavy atom. The molecule has 0 radical (unpaired) electrons. The zero-order valence-corrected chi connectivity index (χ0v) is 12.9. The molecular formula is C16H22BN3O2. The van der Waals surface area contributed by atoms with Gasteiger partial charge in [-0.2, -0.15) is 0 Å². The largest absolute Gasteiger partial charge is 0.437 e. The van der Waals surface area contributed by atoms with Gasteiger partial charge in [-0.05, 0) is 50.7 Å². The molecule has 0 aromatic carbocycles. The molecule has 2 aliphatic rings. The summed E-state index contributed by atoms with van der Waals surface area (Å²) >= 11 is 0. The number of hydrogen-bond donors (Lipinski definition) is 2. The number of carbonyl (C=O) groups is 1. The normalized spacial score (nSPS) is 26.8. The van der Waals surface area contributed by atoms with Gasteiger partial charge in [0, 0.05) is 29.9 Å². The Balaban J connectivity index is 1.74. The molecule has 1 aromatic rings. The third-order valence-corrected chi connectivity index (χ3v) is 4.69. The average molecular weight is 299 g/mol. The van der Waals surface area contributed by atoms with Gasteiger partial charge in [0.2, 0.25) is 0 Å². The fraction of sp³-hybridized carbons (Fsp3) is 0.500. The van der Waals surface area contributed by atoms with Crippen molar-refractivity contribution in [2.45, 2.75) is 50.6 Å². The number of rotatable bonds is 5. The van der Waals surface area contributed by atoms with Crippen LogP contribution in [0.3, 0.4) is 0 Å². The molecule has 2 atom stereocenters. The lowest BCUT2D eigenvalue weighted by Crippen LogP contribution is -2.52. The van der Waals surface area contributed by atoms with Crippen LogP contribution in [0, 0.1) is 0 Å². The van der Waals surface area contributed by atoms with E-state index in [9.17, 15) is 9.82 Å². The predicted octanol–water partition coefficient (Wildman–Crippen LogP) is 1.65. The van der Waals surface area contributed by atoms with Crippen molar-refractivity contribution in [1.82, 2.24) is 10.2 Å². The molecule has 2 bridgehead atoms. The first-order valence-corrected chi connectivity index (χ1v) is 7.93. The Kier molecular flexibility index (Phi) is 4.31. The third kappa shape index (κ3) is 2.94. The Labute approximate surface area is 131 Å². The maximum Gasteiger partial charge on any atom is 0.373 e. The van der Waals surface area contributed by atoms with Gasteiger partial charge in [0.25, 0.3) is 0 Å². The number of hydrogen-bond acceptors (Lipinski definition) is 5. The summed E-state index contributed by atoms with van der Waals surface area (Å²) in [5.41, 5.74) is 0.580. The third-order valence-electron chi connectivity index (χ3n) is 4.69. The van der Waals surface area contributed by atoms with Gasteiger partial charge in [0.15, 0.2) is 5.78 Å². The first-order chi connectivity index (χ1) is 10.6. The Hall–Kier alpha value is -1.66. The van der Waals surface area contributed by atoms with Crippen LogP contribution in [0.5, 0.6) is 0 Å². The van der Waals surface area contributed by atoms with E-state index in [1.165, 1.54) is 6.08 Å². The molecule has 0 spiro atoms. The van der Waals surface area contributed by atoms with E-state index in [1.807, 2.05) is 12.1 Å². The van der Waals surface area contributed by atoms with E-state index in [-0.39, 0.29) is 5.78 Å². The summed E-state index contributed by atoms with van der Waals surface area (Å²) in [5.74, 6) is 0.852.